The van der Waals surface area contributed by atoms with Crippen LogP contribution in [0.1, 0.15) is 32.3 Å². The molecule has 0 radical (unpaired) electrons. The van der Waals surface area contributed by atoms with Crippen molar-refractivity contribution in [2.24, 2.45) is 5.92 Å². The molecule has 0 saturated heterocycles. The molecule has 1 aliphatic carbocycles. The van der Waals surface area contributed by atoms with Crippen LogP contribution in [0.3, 0.4) is 0 Å². The Balaban J connectivity index is 1.97. The molecule has 2 N–H and O–H groups in total. The highest BCUT2D eigenvalue weighted by molar-refractivity contribution is 7.89. The summed E-state index contributed by atoms with van der Waals surface area (Å²) < 4.78 is 26.7. The molecule has 0 spiro atoms. The van der Waals surface area contributed by atoms with Crippen molar-refractivity contribution in [3.63, 3.8) is 0 Å². The van der Waals surface area contributed by atoms with Gasteiger partial charge in [-0.3, -0.25) is 0 Å². The van der Waals surface area contributed by atoms with Crippen LogP contribution in [0.25, 0.3) is 0 Å². The summed E-state index contributed by atoms with van der Waals surface area (Å²) in [5.41, 5.74) is 0.993. The van der Waals surface area contributed by atoms with Crippen molar-refractivity contribution in [2.45, 2.75) is 44.3 Å². The fraction of sp³-hybridized carbons (Fsp3) is 0.615. The number of pyridine rings is 1. The van der Waals surface area contributed by atoms with E-state index in [2.05, 4.69) is 21.9 Å². The first-order valence-corrected chi connectivity index (χ1v) is 8.19. The second-order valence-corrected chi connectivity index (χ2v) is 6.78. The van der Waals surface area contributed by atoms with E-state index in [0.717, 1.165) is 24.9 Å². The molecule has 2 rings (SSSR count). The maximum absolute atomic E-state index is 12.0. The lowest BCUT2D eigenvalue weighted by molar-refractivity contribution is 0.574. The number of rotatable bonds is 7. The van der Waals surface area contributed by atoms with Crippen molar-refractivity contribution in [3.8, 4) is 0 Å². The molecule has 6 heteroatoms. The Hall–Kier alpha value is -0.980. The van der Waals surface area contributed by atoms with Gasteiger partial charge in [0.1, 0.15) is 0 Å². The monoisotopic (exact) mass is 283 g/mol. The van der Waals surface area contributed by atoms with E-state index in [1.54, 1.807) is 18.3 Å². The molecule has 106 valence electrons. The van der Waals surface area contributed by atoms with Gasteiger partial charge in [-0.15, -0.1) is 0 Å². The Kier molecular flexibility index (Phi) is 4.54. The van der Waals surface area contributed by atoms with E-state index in [9.17, 15) is 8.42 Å². The van der Waals surface area contributed by atoms with Gasteiger partial charge in [0.2, 0.25) is 0 Å². The van der Waals surface area contributed by atoms with E-state index in [1.807, 2.05) is 6.92 Å². The third kappa shape index (κ3) is 3.99. The van der Waals surface area contributed by atoms with Crippen molar-refractivity contribution in [1.29, 1.82) is 0 Å². The summed E-state index contributed by atoms with van der Waals surface area (Å²) in [6.45, 7) is 5.80. The van der Waals surface area contributed by atoms with Gasteiger partial charge in [0.15, 0.2) is 5.03 Å². The topological polar surface area (TPSA) is 71.1 Å². The van der Waals surface area contributed by atoms with Crippen molar-refractivity contribution < 1.29 is 8.42 Å². The van der Waals surface area contributed by atoms with E-state index in [0.29, 0.717) is 12.5 Å². The molecular weight excluding hydrogens is 262 g/mol. The normalized spacial score (nSPS) is 22.4. The Morgan fingerprint density at radius 2 is 2.16 bits per heavy atom. The standard InChI is InChI=1S/C13H21N3O2S/c1-3-6-14-8-11-4-5-13(15-9-11)19(17,18)16-12-7-10(12)2/h4-5,9-10,12,14,16H,3,6-8H2,1-2H3. The fourth-order valence-corrected chi connectivity index (χ4v) is 3.12. The summed E-state index contributed by atoms with van der Waals surface area (Å²) >= 11 is 0. The van der Waals surface area contributed by atoms with Gasteiger partial charge in [-0.2, -0.15) is 0 Å². The van der Waals surface area contributed by atoms with Crippen LogP contribution >= 0.6 is 0 Å². The van der Waals surface area contributed by atoms with Crippen molar-refractivity contribution in [2.75, 3.05) is 6.54 Å². The summed E-state index contributed by atoms with van der Waals surface area (Å²) in [6, 6.07) is 3.46. The quantitative estimate of drug-likeness (QED) is 0.739. The minimum absolute atomic E-state index is 0.0812. The zero-order chi connectivity index (χ0) is 13.9. The van der Waals surface area contributed by atoms with Crippen molar-refractivity contribution in [3.05, 3.63) is 23.9 Å². The van der Waals surface area contributed by atoms with E-state index in [1.165, 1.54) is 0 Å². The maximum Gasteiger partial charge on any atom is 0.258 e. The Morgan fingerprint density at radius 1 is 1.42 bits per heavy atom. The predicted octanol–water partition coefficient (Wildman–Crippen LogP) is 1.27. The summed E-state index contributed by atoms with van der Waals surface area (Å²) in [6.07, 6.45) is 3.61. The molecule has 5 nitrogen and oxygen atoms in total. The van der Waals surface area contributed by atoms with Gasteiger partial charge in [0, 0.05) is 18.8 Å². The molecule has 2 atom stereocenters. The largest absolute Gasteiger partial charge is 0.313 e. The average Bonchev–Trinajstić information content (AvgIpc) is 3.05. The van der Waals surface area contributed by atoms with Crippen LogP contribution in [0.4, 0.5) is 0 Å². The highest BCUT2D eigenvalue weighted by Crippen LogP contribution is 2.30. The highest BCUT2D eigenvalue weighted by atomic mass is 32.2. The van der Waals surface area contributed by atoms with Crippen LogP contribution in [0.2, 0.25) is 0 Å². The Labute approximate surface area is 114 Å². The van der Waals surface area contributed by atoms with Crippen molar-refractivity contribution in [1.82, 2.24) is 15.0 Å². The van der Waals surface area contributed by atoms with Crippen LogP contribution in [0, 0.1) is 5.92 Å². The van der Waals surface area contributed by atoms with Gasteiger partial charge >= 0.3 is 0 Å². The molecule has 1 heterocycles. The number of hydrogen-bond acceptors (Lipinski definition) is 4. The van der Waals surface area contributed by atoms with E-state index in [-0.39, 0.29) is 11.1 Å². The van der Waals surface area contributed by atoms with Crippen LogP contribution in [-0.4, -0.2) is 26.0 Å². The lowest BCUT2D eigenvalue weighted by Crippen LogP contribution is -2.27. The van der Waals surface area contributed by atoms with Crippen LogP contribution in [-0.2, 0) is 16.6 Å². The number of sulfonamides is 1. The molecule has 0 aromatic carbocycles. The van der Waals surface area contributed by atoms with Crippen molar-refractivity contribution >= 4 is 10.0 Å². The molecule has 1 aromatic rings. The minimum Gasteiger partial charge on any atom is -0.313 e. The van der Waals surface area contributed by atoms with Gasteiger partial charge in [-0.05, 0) is 36.9 Å². The lowest BCUT2D eigenvalue weighted by atomic mass is 10.3. The third-order valence-corrected chi connectivity index (χ3v) is 4.65. The smallest absolute Gasteiger partial charge is 0.258 e. The summed E-state index contributed by atoms with van der Waals surface area (Å²) in [4.78, 5) is 4.04. The van der Waals surface area contributed by atoms with Gasteiger partial charge in [0.25, 0.3) is 10.0 Å². The van der Waals surface area contributed by atoms with Gasteiger partial charge in [-0.1, -0.05) is 19.9 Å². The summed E-state index contributed by atoms with van der Waals surface area (Å²) in [5.74, 6) is 0.437. The molecule has 0 bridgehead atoms. The zero-order valence-electron chi connectivity index (χ0n) is 11.4. The van der Waals surface area contributed by atoms with E-state index < -0.39 is 10.0 Å². The molecule has 0 aliphatic heterocycles. The first-order valence-electron chi connectivity index (χ1n) is 6.71. The second-order valence-electron chi connectivity index (χ2n) is 5.12. The molecular formula is C13H21N3O2S. The first kappa shape index (κ1) is 14.4. The lowest BCUT2D eigenvalue weighted by Gasteiger charge is -2.06. The molecule has 2 unspecified atom stereocenters. The van der Waals surface area contributed by atoms with Gasteiger partial charge in [0.05, 0.1) is 0 Å². The maximum atomic E-state index is 12.0. The fourth-order valence-electron chi connectivity index (χ4n) is 1.83. The number of hydrogen-bond donors (Lipinski definition) is 2. The van der Waals surface area contributed by atoms with Gasteiger partial charge in [-0.25, -0.2) is 18.1 Å². The molecule has 1 aliphatic rings. The summed E-state index contributed by atoms with van der Waals surface area (Å²) in [7, 11) is -3.45. The van der Waals surface area contributed by atoms with Crippen LogP contribution < -0.4 is 10.0 Å². The zero-order valence-corrected chi connectivity index (χ0v) is 12.2. The second kappa shape index (κ2) is 5.98. The Bertz CT molecular complexity index is 513. The number of nitrogens with zero attached hydrogens (tertiary/aromatic N) is 1. The summed E-state index contributed by atoms with van der Waals surface area (Å²) in [5, 5.41) is 3.36. The first-order chi connectivity index (χ1) is 9.03. The SMILES string of the molecule is CCCNCc1ccc(S(=O)(=O)NC2CC2C)nc1. The number of aromatic nitrogens is 1. The van der Waals surface area contributed by atoms with E-state index >= 15 is 0 Å². The van der Waals surface area contributed by atoms with Crippen LogP contribution in [0.15, 0.2) is 23.4 Å². The highest BCUT2D eigenvalue weighted by Gasteiger charge is 2.36. The Morgan fingerprint density at radius 3 is 2.68 bits per heavy atom. The molecule has 1 aromatic heterocycles. The average molecular weight is 283 g/mol. The van der Waals surface area contributed by atoms with E-state index in [4.69, 9.17) is 0 Å². The third-order valence-electron chi connectivity index (χ3n) is 3.24. The van der Waals surface area contributed by atoms with Crippen LogP contribution in [0.5, 0.6) is 0 Å². The molecule has 1 fully saturated rings. The molecule has 0 amide bonds. The molecule has 1 saturated carbocycles. The number of nitrogens with one attached hydrogen (secondary N) is 2. The molecule has 19 heavy (non-hydrogen) atoms. The predicted molar refractivity (Wildman–Crippen MR) is 74.1 cm³/mol. The van der Waals surface area contributed by atoms with Gasteiger partial charge < -0.3 is 5.32 Å². The minimum atomic E-state index is -3.45.